The molecule has 0 saturated carbocycles. The normalized spacial score (nSPS) is 12.6. The summed E-state index contributed by atoms with van der Waals surface area (Å²) in [6.45, 7) is 1.16. The Kier molecular flexibility index (Phi) is 9.57. The number of hydrogen-bond donors (Lipinski definition) is 1. The molecular weight excluding hydrogens is 456 g/mol. The van der Waals surface area contributed by atoms with Crippen LogP contribution in [0.3, 0.4) is 0 Å². The van der Waals surface area contributed by atoms with Crippen molar-refractivity contribution < 1.29 is 27.8 Å². The van der Waals surface area contributed by atoms with Gasteiger partial charge in [-0.15, -0.1) is 11.3 Å². The fraction of sp³-hybridized carbons (Fsp3) is 0.409. The molecule has 2 rings (SSSR count). The van der Waals surface area contributed by atoms with Crippen molar-refractivity contribution in [3.63, 3.8) is 0 Å². The van der Waals surface area contributed by atoms with E-state index in [4.69, 9.17) is 9.47 Å². The third-order valence-electron chi connectivity index (χ3n) is 4.31. The third kappa shape index (κ3) is 6.87. The Labute approximate surface area is 193 Å². The van der Waals surface area contributed by atoms with Gasteiger partial charge in [-0.1, -0.05) is 6.07 Å². The molecular formula is C22H25F2N3O5S. The summed E-state index contributed by atoms with van der Waals surface area (Å²) in [5, 5.41) is 12.3. The number of hydrogen-bond acceptors (Lipinski definition) is 7. The van der Waals surface area contributed by atoms with Crippen LogP contribution in [0.25, 0.3) is 11.6 Å². The van der Waals surface area contributed by atoms with Crippen LogP contribution < -0.4 is 29.5 Å². The van der Waals surface area contributed by atoms with Crippen LogP contribution in [-0.4, -0.2) is 44.0 Å². The van der Waals surface area contributed by atoms with Gasteiger partial charge in [0.1, 0.15) is 10.7 Å². The monoisotopic (exact) mass is 481 g/mol. The van der Waals surface area contributed by atoms with Crippen molar-refractivity contribution in [1.82, 2.24) is 9.88 Å². The molecule has 0 unspecified atom stereocenters. The lowest BCUT2D eigenvalue weighted by Crippen LogP contribution is -2.37. The number of halogens is 2. The summed E-state index contributed by atoms with van der Waals surface area (Å²) in [5.41, 5.74) is -0.0586. The fourth-order valence-electron chi connectivity index (χ4n) is 2.92. The molecule has 33 heavy (non-hydrogen) atoms. The molecule has 0 radical (unpaired) electrons. The zero-order valence-corrected chi connectivity index (χ0v) is 19.5. The van der Waals surface area contributed by atoms with Crippen LogP contribution in [0, 0.1) is 11.3 Å². The number of thiazole rings is 1. The molecule has 1 amide bonds. The van der Waals surface area contributed by atoms with Gasteiger partial charge in [-0.3, -0.25) is 14.2 Å². The van der Waals surface area contributed by atoms with E-state index in [1.54, 1.807) is 13.8 Å². The molecule has 0 aliphatic rings. The molecule has 1 N–H and O–H groups in total. The molecule has 0 spiro atoms. The highest BCUT2D eigenvalue weighted by Gasteiger charge is 2.17. The zero-order valence-electron chi connectivity index (χ0n) is 18.7. The molecule has 8 nitrogen and oxygen atoms in total. The summed E-state index contributed by atoms with van der Waals surface area (Å²) in [6.07, 6.45) is 2.03. The predicted molar refractivity (Wildman–Crippen MR) is 120 cm³/mol. The van der Waals surface area contributed by atoms with Crippen LogP contribution in [-0.2, 0) is 16.1 Å². The Morgan fingerprint density at radius 2 is 2.03 bits per heavy atom. The van der Waals surface area contributed by atoms with E-state index < -0.39 is 12.5 Å². The molecule has 2 aromatic rings. The Morgan fingerprint density at radius 3 is 2.61 bits per heavy atom. The van der Waals surface area contributed by atoms with Crippen LogP contribution in [0.5, 0.6) is 11.5 Å². The maximum atomic E-state index is 13.1. The van der Waals surface area contributed by atoms with E-state index in [9.17, 15) is 23.6 Å². The number of alkyl halides is 2. The van der Waals surface area contributed by atoms with Gasteiger partial charge >= 0.3 is 6.61 Å². The van der Waals surface area contributed by atoms with Gasteiger partial charge in [-0.2, -0.15) is 14.0 Å². The van der Waals surface area contributed by atoms with Gasteiger partial charge in [0, 0.05) is 26.3 Å². The number of ether oxygens (including phenoxy) is 3. The SMILES string of the molecule is COCCCn1c(=C(C#N)C(=O)NC(C)C)sc(=Cc2ccc(OC(F)F)c(OC)c2)c1=O. The lowest BCUT2D eigenvalue weighted by molar-refractivity contribution is -0.116. The Hall–Kier alpha value is -3.23. The van der Waals surface area contributed by atoms with Gasteiger partial charge in [0.05, 0.1) is 11.6 Å². The van der Waals surface area contributed by atoms with Crippen molar-refractivity contribution >= 4 is 28.9 Å². The number of nitriles is 1. The molecule has 0 aliphatic carbocycles. The average molecular weight is 482 g/mol. The van der Waals surface area contributed by atoms with Crippen molar-refractivity contribution in [3.05, 3.63) is 43.3 Å². The Morgan fingerprint density at radius 1 is 1.30 bits per heavy atom. The number of carbonyl (C=O) groups excluding carboxylic acids is 1. The highest BCUT2D eigenvalue weighted by molar-refractivity contribution is 7.07. The van der Waals surface area contributed by atoms with Crippen LogP contribution >= 0.6 is 11.3 Å². The first-order valence-electron chi connectivity index (χ1n) is 10.00. The number of nitrogens with zero attached hydrogens (tertiary/aromatic N) is 2. The number of amides is 1. The molecule has 0 saturated heterocycles. The Bertz CT molecular complexity index is 1200. The van der Waals surface area contributed by atoms with E-state index in [1.807, 2.05) is 6.07 Å². The minimum atomic E-state index is -3.01. The van der Waals surface area contributed by atoms with Gasteiger partial charge in [-0.25, -0.2) is 0 Å². The van der Waals surface area contributed by atoms with Gasteiger partial charge in [0.15, 0.2) is 17.1 Å². The summed E-state index contributed by atoms with van der Waals surface area (Å²) >= 11 is 0.997. The summed E-state index contributed by atoms with van der Waals surface area (Å²) in [6, 6.07) is 5.97. The van der Waals surface area contributed by atoms with Crippen molar-refractivity contribution in [3.8, 4) is 17.6 Å². The Balaban J connectivity index is 2.68. The van der Waals surface area contributed by atoms with E-state index >= 15 is 0 Å². The van der Waals surface area contributed by atoms with Gasteiger partial charge in [0.2, 0.25) is 0 Å². The van der Waals surface area contributed by atoms with Crippen LogP contribution in [0.4, 0.5) is 8.78 Å². The first-order valence-corrected chi connectivity index (χ1v) is 10.8. The zero-order chi connectivity index (χ0) is 24.5. The molecule has 11 heteroatoms. The van der Waals surface area contributed by atoms with Crippen molar-refractivity contribution in [2.24, 2.45) is 0 Å². The van der Waals surface area contributed by atoms with Crippen LogP contribution in [0.1, 0.15) is 25.8 Å². The number of benzene rings is 1. The molecule has 1 heterocycles. The minimum Gasteiger partial charge on any atom is -0.493 e. The number of rotatable bonds is 10. The maximum Gasteiger partial charge on any atom is 0.387 e. The van der Waals surface area contributed by atoms with E-state index in [0.29, 0.717) is 18.6 Å². The van der Waals surface area contributed by atoms with Crippen molar-refractivity contribution in [2.45, 2.75) is 39.5 Å². The summed E-state index contributed by atoms with van der Waals surface area (Å²) in [4.78, 5) is 25.7. The van der Waals surface area contributed by atoms with Crippen molar-refractivity contribution in [1.29, 1.82) is 5.26 Å². The molecule has 0 fully saturated rings. The molecule has 0 bridgehead atoms. The summed E-state index contributed by atoms with van der Waals surface area (Å²) < 4.78 is 41.6. The lowest BCUT2D eigenvalue weighted by atomic mass is 10.2. The summed E-state index contributed by atoms with van der Waals surface area (Å²) in [5.74, 6) is -0.642. The highest BCUT2D eigenvalue weighted by Crippen LogP contribution is 2.29. The number of methoxy groups -OCH3 is 2. The maximum absolute atomic E-state index is 13.1. The van der Waals surface area contributed by atoms with E-state index in [0.717, 1.165) is 11.3 Å². The standard InChI is InChI=1S/C22H25F2N3O5S/c1-13(2)26-19(28)15(12-25)21-27(8-5-9-30-3)20(29)18(33-21)11-14-6-7-16(32-22(23)24)17(10-14)31-4/h6-7,10-11,13,22H,5,8-9H2,1-4H3,(H,26,28). The van der Waals surface area contributed by atoms with Gasteiger partial charge < -0.3 is 19.5 Å². The first-order chi connectivity index (χ1) is 15.7. The van der Waals surface area contributed by atoms with E-state index in [-0.39, 0.29) is 44.4 Å². The quantitative estimate of drug-likeness (QED) is 0.517. The van der Waals surface area contributed by atoms with E-state index in [2.05, 4.69) is 10.1 Å². The largest absolute Gasteiger partial charge is 0.493 e. The number of nitrogens with one attached hydrogen (secondary N) is 1. The third-order valence-corrected chi connectivity index (χ3v) is 5.44. The smallest absolute Gasteiger partial charge is 0.387 e. The highest BCUT2D eigenvalue weighted by atomic mass is 32.1. The molecule has 0 aliphatic heterocycles. The van der Waals surface area contributed by atoms with Crippen LogP contribution in [0.2, 0.25) is 0 Å². The second kappa shape index (κ2) is 12.1. The molecule has 0 atom stereocenters. The topological polar surface area (TPSA) is 103 Å². The second-order valence-corrected chi connectivity index (χ2v) is 8.15. The number of carbonyl (C=O) groups is 1. The molecule has 1 aromatic carbocycles. The van der Waals surface area contributed by atoms with Gasteiger partial charge in [0.25, 0.3) is 11.5 Å². The van der Waals surface area contributed by atoms with Gasteiger partial charge in [-0.05, 0) is 44.0 Å². The second-order valence-electron chi connectivity index (χ2n) is 7.12. The summed E-state index contributed by atoms with van der Waals surface area (Å²) in [7, 11) is 2.85. The minimum absolute atomic E-state index is 0.0711. The van der Waals surface area contributed by atoms with E-state index in [1.165, 1.54) is 43.1 Å². The lowest BCUT2D eigenvalue weighted by Gasteiger charge is -2.09. The van der Waals surface area contributed by atoms with Crippen molar-refractivity contribution in [2.75, 3.05) is 20.8 Å². The molecule has 1 aromatic heterocycles. The van der Waals surface area contributed by atoms with Crippen LogP contribution in [0.15, 0.2) is 23.0 Å². The predicted octanol–water partition coefficient (Wildman–Crippen LogP) is 1.58. The fourth-order valence-corrected chi connectivity index (χ4v) is 4.05. The number of aromatic nitrogens is 1. The molecule has 178 valence electrons. The first kappa shape index (κ1) is 26.0. The average Bonchev–Trinajstić information content (AvgIpc) is 3.04.